The summed E-state index contributed by atoms with van der Waals surface area (Å²) in [7, 11) is 4.05. The minimum absolute atomic E-state index is 0.308. The summed E-state index contributed by atoms with van der Waals surface area (Å²) in [6.07, 6.45) is 0. The molecule has 1 aromatic heterocycles. The first kappa shape index (κ1) is 15.4. The molecule has 0 fully saturated rings. The van der Waals surface area contributed by atoms with E-state index in [9.17, 15) is 0 Å². The number of hydrogen-bond acceptors (Lipinski definition) is 4. The van der Waals surface area contributed by atoms with Crippen LogP contribution < -0.4 is 5.32 Å². The summed E-state index contributed by atoms with van der Waals surface area (Å²) in [6.45, 7) is 3.86. The van der Waals surface area contributed by atoms with Crippen molar-refractivity contribution >= 4 is 22.9 Å². The molecule has 108 valence electrons. The van der Waals surface area contributed by atoms with Crippen LogP contribution in [0.2, 0.25) is 5.02 Å². The van der Waals surface area contributed by atoms with Crippen LogP contribution in [0, 0.1) is 0 Å². The quantitative estimate of drug-likeness (QED) is 0.881. The van der Waals surface area contributed by atoms with Gasteiger partial charge >= 0.3 is 0 Å². The number of hydrogen-bond donors (Lipinski definition) is 1. The Morgan fingerprint density at radius 3 is 2.95 bits per heavy atom. The summed E-state index contributed by atoms with van der Waals surface area (Å²) < 4.78 is 0. The molecule has 0 radical (unpaired) electrons. The maximum absolute atomic E-state index is 6.06. The van der Waals surface area contributed by atoms with E-state index >= 15 is 0 Å². The van der Waals surface area contributed by atoms with Crippen molar-refractivity contribution in [3.63, 3.8) is 0 Å². The second kappa shape index (κ2) is 7.18. The summed E-state index contributed by atoms with van der Waals surface area (Å²) in [5, 5.41) is 7.17. The zero-order valence-electron chi connectivity index (χ0n) is 12.1. The molecule has 1 atom stereocenters. The number of nitrogens with one attached hydrogen (secondary N) is 1. The largest absolute Gasteiger partial charge is 0.314 e. The van der Waals surface area contributed by atoms with Crippen LogP contribution in [0.3, 0.4) is 0 Å². The summed E-state index contributed by atoms with van der Waals surface area (Å²) in [5.74, 6) is 0. The predicted molar refractivity (Wildman–Crippen MR) is 86.2 cm³/mol. The Morgan fingerprint density at radius 1 is 1.45 bits per heavy atom. The molecule has 2 rings (SSSR count). The highest BCUT2D eigenvalue weighted by Crippen LogP contribution is 2.23. The standard InChI is InChI=1S/C15H20ClN3S/c1-11(12-5-4-6-13(16)7-12)19(3)9-14-10-20-15(18-14)8-17-2/h4-7,10-11,17H,8-9H2,1-3H3. The normalized spacial score (nSPS) is 12.8. The maximum Gasteiger partial charge on any atom is 0.107 e. The third-order valence-corrected chi connectivity index (χ3v) is 4.46. The van der Waals surface area contributed by atoms with Crippen molar-refractivity contribution in [1.82, 2.24) is 15.2 Å². The van der Waals surface area contributed by atoms with Crippen LogP contribution in [0.5, 0.6) is 0 Å². The minimum Gasteiger partial charge on any atom is -0.314 e. The van der Waals surface area contributed by atoms with Gasteiger partial charge in [0.15, 0.2) is 0 Å². The summed E-state index contributed by atoms with van der Waals surface area (Å²) in [5.41, 5.74) is 2.35. The molecule has 0 spiro atoms. The van der Waals surface area contributed by atoms with Gasteiger partial charge < -0.3 is 5.32 Å². The molecule has 1 aromatic carbocycles. The van der Waals surface area contributed by atoms with Crippen molar-refractivity contribution in [3.05, 3.63) is 50.9 Å². The van der Waals surface area contributed by atoms with Crippen LogP contribution in [0.15, 0.2) is 29.6 Å². The van der Waals surface area contributed by atoms with Gasteiger partial charge in [-0.2, -0.15) is 0 Å². The molecular weight excluding hydrogens is 290 g/mol. The second-order valence-electron chi connectivity index (χ2n) is 4.91. The molecule has 2 aromatic rings. The van der Waals surface area contributed by atoms with Gasteiger partial charge in [-0.3, -0.25) is 4.90 Å². The SMILES string of the molecule is CNCc1nc(CN(C)C(C)c2cccc(Cl)c2)cs1. The van der Waals surface area contributed by atoms with Crippen LogP contribution in [0.1, 0.15) is 29.2 Å². The number of halogens is 1. The topological polar surface area (TPSA) is 28.2 Å². The van der Waals surface area contributed by atoms with Crippen molar-refractivity contribution in [2.75, 3.05) is 14.1 Å². The van der Waals surface area contributed by atoms with Crippen molar-refractivity contribution < 1.29 is 0 Å². The maximum atomic E-state index is 6.06. The zero-order valence-corrected chi connectivity index (χ0v) is 13.6. The molecule has 20 heavy (non-hydrogen) atoms. The van der Waals surface area contributed by atoms with Gasteiger partial charge in [0, 0.05) is 29.5 Å². The van der Waals surface area contributed by atoms with Gasteiger partial charge in [0.05, 0.1) is 5.69 Å². The zero-order chi connectivity index (χ0) is 14.5. The van der Waals surface area contributed by atoms with Crippen LogP contribution in [-0.2, 0) is 13.1 Å². The van der Waals surface area contributed by atoms with E-state index in [0.717, 1.165) is 28.8 Å². The van der Waals surface area contributed by atoms with E-state index in [4.69, 9.17) is 11.6 Å². The van der Waals surface area contributed by atoms with Gasteiger partial charge in [0.25, 0.3) is 0 Å². The Morgan fingerprint density at radius 2 is 2.25 bits per heavy atom. The summed E-state index contributed by atoms with van der Waals surface area (Å²) in [4.78, 5) is 6.90. The minimum atomic E-state index is 0.308. The van der Waals surface area contributed by atoms with Gasteiger partial charge in [-0.05, 0) is 38.7 Å². The fourth-order valence-electron chi connectivity index (χ4n) is 2.07. The lowest BCUT2D eigenvalue weighted by Gasteiger charge is -2.24. The monoisotopic (exact) mass is 309 g/mol. The lowest BCUT2D eigenvalue weighted by Crippen LogP contribution is -2.22. The highest BCUT2D eigenvalue weighted by Gasteiger charge is 2.13. The molecule has 0 saturated carbocycles. The Hall–Kier alpha value is -0.940. The van der Waals surface area contributed by atoms with E-state index in [2.05, 4.69) is 40.6 Å². The van der Waals surface area contributed by atoms with Gasteiger partial charge in [-0.25, -0.2) is 4.98 Å². The molecule has 3 nitrogen and oxygen atoms in total. The fourth-order valence-corrected chi connectivity index (χ4v) is 3.06. The number of aromatic nitrogens is 1. The molecular formula is C15H20ClN3S. The third-order valence-electron chi connectivity index (χ3n) is 3.33. The van der Waals surface area contributed by atoms with Crippen molar-refractivity contribution in [1.29, 1.82) is 0 Å². The molecule has 0 amide bonds. The Labute approximate surface area is 129 Å². The van der Waals surface area contributed by atoms with E-state index in [-0.39, 0.29) is 0 Å². The summed E-state index contributed by atoms with van der Waals surface area (Å²) in [6, 6.07) is 8.35. The molecule has 0 aliphatic rings. The number of benzene rings is 1. The van der Waals surface area contributed by atoms with E-state index in [1.165, 1.54) is 5.56 Å². The molecule has 0 aliphatic heterocycles. The molecule has 0 bridgehead atoms. The fraction of sp³-hybridized carbons (Fsp3) is 0.400. The molecule has 0 aliphatic carbocycles. The van der Waals surface area contributed by atoms with E-state index in [1.54, 1.807) is 11.3 Å². The molecule has 1 N–H and O–H groups in total. The Balaban J connectivity index is 2.01. The van der Waals surface area contributed by atoms with Gasteiger partial charge in [-0.1, -0.05) is 23.7 Å². The van der Waals surface area contributed by atoms with Crippen molar-refractivity contribution in [3.8, 4) is 0 Å². The first-order chi connectivity index (χ1) is 9.60. The van der Waals surface area contributed by atoms with Gasteiger partial charge in [0.2, 0.25) is 0 Å². The van der Waals surface area contributed by atoms with Crippen LogP contribution in [0.25, 0.3) is 0 Å². The predicted octanol–water partition coefficient (Wildman–Crippen LogP) is 3.71. The van der Waals surface area contributed by atoms with E-state index in [1.807, 2.05) is 25.2 Å². The number of rotatable bonds is 6. The third kappa shape index (κ3) is 4.03. The van der Waals surface area contributed by atoms with E-state index in [0.29, 0.717) is 6.04 Å². The highest BCUT2D eigenvalue weighted by atomic mass is 35.5. The Kier molecular flexibility index (Phi) is 5.54. The Bertz CT molecular complexity index is 556. The van der Waals surface area contributed by atoms with Crippen molar-refractivity contribution in [2.45, 2.75) is 26.1 Å². The van der Waals surface area contributed by atoms with Gasteiger partial charge in [-0.15, -0.1) is 11.3 Å². The number of thiazole rings is 1. The smallest absolute Gasteiger partial charge is 0.107 e. The van der Waals surface area contributed by atoms with Crippen molar-refractivity contribution in [2.24, 2.45) is 0 Å². The van der Waals surface area contributed by atoms with Crippen LogP contribution in [-0.4, -0.2) is 24.0 Å². The average Bonchev–Trinajstić information content (AvgIpc) is 2.85. The molecule has 1 unspecified atom stereocenters. The lowest BCUT2D eigenvalue weighted by atomic mass is 10.1. The first-order valence-electron chi connectivity index (χ1n) is 6.63. The molecule has 5 heteroatoms. The van der Waals surface area contributed by atoms with Gasteiger partial charge in [0.1, 0.15) is 5.01 Å². The first-order valence-corrected chi connectivity index (χ1v) is 7.89. The number of nitrogens with zero attached hydrogens (tertiary/aromatic N) is 2. The summed E-state index contributed by atoms with van der Waals surface area (Å²) >= 11 is 7.76. The lowest BCUT2D eigenvalue weighted by molar-refractivity contribution is 0.250. The highest BCUT2D eigenvalue weighted by molar-refractivity contribution is 7.09. The molecule has 1 heterocycles. The van der Waals surface area contributed by atoms with Crippen LogP contribution in [0.4, 0.5) is 0 Å². The average molecular weight is 310 g/mol. The van der Waals surface area contributed by atoms with E-state index < -0.39 is 0 Å². The molecule has 0 saturated heterocycles. The van der Waals surface area contributed by atoms with Crippen LogP contribution >= 0.6 is 22.9 Å². The second-order valence-corrected chi connectivity index (χ2v) is 6.29.